The molecule has 0 aromatic heterocycles. The Hall–Kier alpha value is -2.60. The number of carbonyl (C=O) groups is 3. The Morgan fingerprint density at radius 1 is 1.00 bits per heavy atom. The van der Waals surface area contributed by atoms with Gasteiger partial charge in [-0.2, -0.15) is 0 Å². The number of Topliss-reactive ketones (excluding diaryl/α,β-unsaturated/α-hetero) is 1. The molecule has 1 heterocycles. The molecule has 1 aliphatic rings. The number of nitrogens with zero attached hydrogens (tertiary/aromatic N) is 1. The number of aromatic carboxylic acids is 1. The highest BCUT2D eigenvalue weighted by molar-refractivity contribution is 7.99. The average Bonchev–Trinajstić information content (AvgIpc) is 2.99. The highest BCUT2D eigenvalue weighted by atomic mass is 32.2. The molecule has 3 rings (SSSR count). The standard InChI is InChI=1S/C24H27NO4S/c1-2-3-4-5-14-25-21-13-12-19(16-20(21)22(26)23(25)27)30-15-6-7-17-8-10-18(11-9-17)24(28)29/h8-13,16H,2-7,14-15H2,1H3,(H,28,29). The van der Waals surface area contributed by atoms with Crippen molar-refractivity contribution in [3.8, 4) is 0 Å². The van der Waals surface area contributed by atoms with Crippen LogP contribution in [0.15, 0.2) is 47.4 Å². The van der Waals surface area contributed by atoms with E-state index in [1.807, 2.05) is 30.3 Å². The summed E-state index contributed by atoms with van der Waals surface area (Å²) in [5, 5.41) is 8.95. The number of ketones is 1. The van der Waals surface area contributed by atoms with Crippen LogP contribution in [0.3, 0.4) is 0 Å². The molecular formula is C24H27NO4S. The second-order valence-electron chi connectivity index (χ2n) is 7.48. The summed E-state index contributed by atoms with van der Waals surface area (Å²) in [7, 11) is 0. The van der Waals surface area contributed by atoms with Gasteiger partial charge in [0.25, 0.3) is 11.7 Å². The molecule has 0 spiro atoms. The van der Waals surface area contributed by atoms with Crippen LogP contribution >= 0.6 is 11.8 Å². The fourth-order valence-electron chi connectivity index (χ4n) is 3.57. The Morgan fingerprint density at radius 3 is 2.47 bits per heavy atom. The topological polar surface area (TPSA) is 74.7 Å². The summed E-state index contributed by atoms with van der Waals surface area (Å²) >= 11 is 1.67. The minimum atomic E-state index is -0.915. The van der Waals surface area contributed by atoms with Crippen molar-refractivity contribution in [3.05, 3.63) is 59.2 Å². The number of anilines is 1. The minimum absolute atomic E-state index is 0.296. The second kappa shape index (κ2) is 10.4. The third-order valence-corrected chi connectivity index (χ3v) is 6.34. The molecule has 0 atom stereocenters. The van der Waals surface area contributed by atoms with Crippen LogP contribution in [-0.2, 0) is 11.2 Å². The van der Waals surface area contributed by atoms with Crippen molar-refractivity contribution < 1.29 is 19.5 Å². The van der Waals surface area contributed by atoms with Gasteiger partial charge in [-0.15, -0.1) is 11.8 Å². The Bertz CT molecular complexity index is 923. The third kappa shape index (κ3) is 5.30. The number of hydrogen-bond acceptors (Lipinski definition) is 4. The number of carboxylic acids is 1. The van der Waals surface area contributed by atoms with Gasteiger partial charge in [-0.3, -0.25) is 9.59 Å². The quantitative estimate of drug-likeness (QED) is 0.303. The van der Waals surface area contributed by atoms with Crippen LogP contribution in [0, 0.1) is 0 Å². The number of carboxylic acid groups (broad SMARTS) is 1. The van der Waals surface area contributed by atoms with Gasteiger partial charge in [0.15, 0.2) is 0 Å². The van der Waals surface area contributed by atoms with E-state index in [1.54, 1.807) is 28.8 Å². The van der Waals surface area contributed by atoms with Gasteiger partial charge in [0, 0.05) is 11.4 Å². The molecule has 2 aromatic carbocycles. The molecule has 0 radical (unpaired) electrons. The first-order valence-corrected chi connectivity index (χ1v) is 11.4. The zero-order valence-corrected chi connectivity index (χ0v) is 18.0. The van der Waals surface area contributed by atoms with E-state index in [4.69, 9.17) is 5.11 Å². The first kappa shape index (κ1) is 22.1. The van der Waals surface area contributed by atoms with Gasteiger partial charge in [-0.05, 0) is 60.9 Å². The smallest absolute Gasteiger partial charge is 0.335 e. The third-order valence-electron chi connectivity index (χ3n) is 5.26. The highest BCUT2D eigenvalue weighted by Gasteiger charge is 2.35. The summed E-state index contributed by atoms with van der Waals surface area (Å²) in [6.45, 7) is 2.75. The molecule has 6 heteroatoms. The highest BCUT2D eigenvalue weighted by Crippen LogP contribution is 2.33. The largest absolute Gasteiger partial charge is 0.478 e. The van der Waals surface area contributed by atoms with Crippen LogP contribution in [-0.4, -0.2) is 35.1 Å². The van der Waals surface area contributed by atoms with E-state index in [0.29, 0.717) is 17.7 Å². The van der Waals surface area contributed by atoms with Gasteiger partial charge >= 0.3 is 5.97 Å². The number of carbonyl (C=O) groups excluding carboxylic acids is 2. The van der Waals surface area contributed by atoms with Crippen LogP contribution < -0.4 is 4.90 Å². The molecule has 1 amide bonds. The van der Waals surface area contributed by atoms with Gasteiger partial charge in [0.1, 0.15) is 0 Å². The maximum atomic E-state index is 12.4. The first-order chi connectivity index (χ1) is 14.5. The van der Waals surface area contributed by atoms with Gasteiger partial charge in [-0.1, -0.05) is 38.3 Å². The number of thioether (sulfide) groups is 1. The minimum Gasteiger partial charge on any atom is -0.478 e. The summed E-state index contributed by atoms with van der Waals surface area (Å²) < 4.78 is 0. The van der Waals surface area contributed by atoms with Crippen molar-refractivity contribution in [1.82, 2.24) is 0 Å². The van der Waals surface area contributed by atoms with E-state index in [2.05, 4.69) is 6.92 Å². The number of aryl methyl sites for hydroxylation is 1. The lowest BCUT2D eigenvalue weighted by atomic mass is 10.1. The number of rotatable bonds is 11. The summed E-state index contributed by atoms with van der Waals surface area (Å²) in [6.07, 6.45) is 6.05. The molecule has 0 bridgehead atoms. The Balaban J connectivity index is 1.53. The summed E-state index contributed by atoms with van der Waals surface area (Å²) in [5.41, 5.74) is 2.66. The summed E-state index contributed by atoms with van der Waals surface area (Å²) in [4.78, 5) is 38.3. The predicted molar refractivity (Wildman–Crippen MR) is 120 cm³/mol. The molecule has 30 heavy (non-hydrogen) atoms. The zero-order chi connectivity index (χ0) is 21.5. The molecule has 0 saturated carbocycles. The molecule has 0 unspecified atom stereocenters. The van der Waals surface area contributed by atoms with Crippen LogP contribution in [0.2, 0.25) is 0 Å². The lowest BCUT2D eigenvalue weighted by molar-refractivity contribution is -0.114. The Kier molecular flexibility index (Phi) is 7.69. The van der Waals surface area contributed by atoms with E-state index in [9.17, 15) is 14.4 Å². The van der Waals surface area contributed by atoms with Crippen LogP contribution in [0.4, 0.5) is 5.69 Å². The molecular weight excluding hydrogens is 398 g/mol. The molecule has 5 nitrogen and oxygen atoms in total. The van der Waals surface area contributed by atoms with Crippen LogP contribution in [0.1, 0.15) is 65.3 Å². The summed E-state index contributed by atoms with van der Waals surface area (Å²) in [6, 6.07) is 12.7. The fraction of sp³-hybridized carbons (Fsp3) is 0.375. The molecule has 158 valence electrons. The van der Waals surface area contributed by atoms with Crippen LogP contribution in [0.5, 0.6) is 0 Å². The SMILES string of the molecule is CCCCCCN1C(=O)C(=O)c2cc(SCCCc3ccc(C(=O)O)cc3)ccc21. The van der Waals surface area contributed by atoms with E-state index >= 15 is 0 Å². The Morgan fingerprint density at radius 2 is 1.77 bits per heavy atom. The molecule has 0 fully saturated rings. The fourth-order valence-corrected chi connectivity index (χ4v) is 4.46. The van der Waals surface area contributed by atoms with Crippen molar-refractivity contribution in [2.45, 2.75) is 50.3 Å². The van der Waals surface area contributed by atoms with Gasteiger partial charge in [0.05, 0.1) is 16.8 Å². The number of amides is 1. The van der Waals surface area contributed by atoms with Crippen molar-refractivity contribution >= 4 is 35.1 Å². The molecule has 1 aliphatic heterocycles. The predicted octanol–water partition coefficient (Wildman–Crippen LogP) is 5.22. The summed E-state index contributed by atoms with van der Waals surface area (Å²) in [5.74, 6) is -0.848. The van der Waals surface area contributed by atoms with Gasteiger partial charge in [-0.25, -0.2) is 4.79 Å². The number of fused-ring (bicyclic) bond motifs is 1. The van der Waals surface area contributed by atoms with Crippen molar-refractivity contribution in [1.29, 1.82) is 0 Å². The zero-order valence-electron chi connectivity index (χ0n) is 17.2. The lowest BCUT2D eigenvalue weighted by Crippen LogP contribution is -2.30. The van der Waals surface area contributed by atoms with Crippen LogP contribution in [0.25, 0.3) is 0 Å². The Labute approximate surface area is 181 Å². The lowest BCUT2D eigenvalue weighted by Gasteiger charge is -2.16. The van der Waals surface area contributed by atoms with Gasteiger partial charge < -0.3 is 10.0 Å². The molecule has 2 aromatic rings. The number of benzene rings is 2. The second-order valence-corrected chi connectivity index (χ2v) is 8.65. The first-order valence-electron chi connectivity index (χ1n) is 10.5. The molecule has 0 saturated heterocycles. The average molecular weight is 426 g/mol. The van der Waals surface area contributed by atoms with E-state index in [0.717, 1.165) is 60.4 Å². The van der Waals surface area contributed by atoms with Gasteiger partial charge in [0.2, 0.25) is 0 Å². The maximum absolute atomic E-state index is 12.4. The molecule has 1 N–H and O–H groups in total. The number of hydrogen-bond donors (Lipinski definition) is 1. The van der Waals surface area contributed by atoms with E-state index < -0.39 is 17.7 Å². The monoisotopic (exact) mass is 425 g/mol. The van der Waals surface area contributed by atoms with Crippen molar-refractivity contribution in [2.24, 2.45) is 0 Å². The van der Waals surface area contributed by atoms with Crippen molar-refractivity contribution in [3.63, 3.8) is 0 Å². The normalized spacial score (nSPS) is 13.0. The number of unbranched alkanes of at least 4 members (excludes halogenated alkanes) is 3. The maximum Gasteiger partial charge on any atom is 0.335 e. The molecule has 0 aliphatic carbocycles. The van der Waals surface area contributed by atoms with E-state index in [-0.39, 0.29) is 0 Å². The van der Waals surface area contributed by atoms with Crippen molar-refractivity contribution in [2.75, 3.05) is 17.2 Å². The van der Waals surface area contributed by atoms with E-state index in [1.165, 1.54) is 0 Å².